The predicted molar refractivity (Wildman–Crippen MR) is 96.2 cm³/mol. The third-order valence-corrected chi connectivity index (χ3v) is 4.01. The van der Waals surface area contributed by atoms with E-state index in [1.54, 1.807) is 32.3 Å². The standard InChI is InChI=1S/C19H29NO6/c1-13-7-5-10-18(22)25-12-16(24-4)14(2)8-6-9-17(21)20-15(3)19(23)26-11-13/h5-8,13-16H,9-12H2,1-4H3,(H,20,21)/t13-,14+,15-,16+/m0/s1. The van der Waals surface area contributed by atoms with Gasteiger partial charge in [0.15, 0.2) is 0 Å². The first-order chi connectivity index (χ1) is 12.3. The van der Waals surface area contributed by atoms with Crippen molar-refractivity contribution in [3.63, 3.8) is 0 Å². The molecule has 0 aromatic rings. The summed E-state index contributed by atoms with van der Waals surface area (Å²) in [6, 6.07) is -0.718. The van der Waals surface area contributed by atoms with Gasteiger partial charge in [-0.15, -0.1) is 0 Å². The zero-order valence-corrected chi connectivity index (χ0v) is 15.9. The fraction of sp³-hybridized carbons (Fsp3) is 0.632. The van der Waals surface area contributed by atoms with E-state index in [4.69, 9.17) is 14.2 Å². The quantitative estimate of drug-likeness (QED) is 0.561. The van der Waals surface area contributed by atoms with Crippen LogP contribution in [0.3, 0.4) is 0 Å². The lowest BCUT2D eigenvalue weighted by molar-refractivity contribution is -0.148. The van der Waals surface area contributed by atoms with Crippen LogP contribution in [0.4, 0.5) is 0 Å². The Balaban J connectivity index is 2.80. The lowest BCUT2D eigenvalue weighted by Crippen LogP contribution is -2.39. The number of hydrogen-bond acceptors (Lipinski definition) is 6. The lowest BCUT2D eigenvalue weighted by Gasteiger charge is -2.20. The molecule has 1 aliphatic heterocycles. The number of esters is 2. The third kappa shape index (κ3) is 8.29. The highest BCUT2D eigenvalue weighted by Crippen LogP contribution is 2.11. The van der Waals surface area contributed by atoms with Gasteiger partial charge in [0.05, 0.1) is 19.1 Å². The van der Waals surface area contributed by atoms with Crippen LogP contribution in [-0.4, -0.2) is 50.3 Å². The maximum Gasteiger partial charge on any atom is 0.328 e. The van der Waals surface area contributed by atoms with E-state index >= 15 is 0 Å². The number of amides is 1. The molecule has 4 atom stereocenters. The largest absolute Gasteiger partial charge is 0.464 e. The molecule has 7 heteroatoms. The monoisotopic (exact) mass is 367 g/mol. The van der Waals surface area contributed by atoms with Gasteiger partial charge < -0.3 is 19.5 Å². The first-order valence-electron chi connectivity index (χ1n) is 8.81. The first kappa shape index (κ1) is 21.9. The summed E-state index contributed by atoms with van der Waals surface area (Å²) in [5.41, 5.74) is 0. The minimum atomic E-state index is -0.718. The maximum absolute atomic E-state index is 11.9. The van der Waals surface area contributed by atoms with Gasteiger partial charge in [-0.25, -0.2) is 4.79 Å². The van der Waals surface area contributed by atoms with Crippen molar-refractivity contribution >= 4 is 17.8 Å². The molecule has 146 valence electrons. The Kier molecular flexibility index (Phi) is 9.65. The Morgan fingerprint density at radius 1 is 1.00 bits per heavy atom. The fourth-order valence-electron chi connectivity index (χ4n) is 2.33. The van der Waals surface area contributed by atoms with Gasteiger partial charge in [0, 0.05) is 25.4 Å². The van der Waals surface area contributed by atoms with Gasteiger partial charge in [-0.05, 0) is 6.92 Å². The van der Waals surface area contributed by atoms with Crippen LogP contribution < -0.4 is 5.32 Å². The van der Waals surface area contributed by atoms with Crippen LogP contribution in [0.2, 0.25) is 0 Å². The molecule has 1 rings (SSSR count). The molecule has 26 heavy (non-hydrogen) atoms. The van der Waals surface area contributed by atoms with Crippen molar-refractivity contribution in [3.05, 3.63) is 24.3 Å². The van der Waals surface area contributed by atoms with Gasteiger partial charge in [0.2, 0.25) is 5.91 Å². The second kappa shape index (κ2) is 11.5. The summed E-state index contributed by atoms with van der Waals surface area (Å²) in [5, 5.41) is 2.61. The Bertz CT molecular complexity index is 542. The molecular formula is C19H29NO6. The molecule has 7 nitrogen and oxygen atoms in total. The summed E-state index contributed by atoms with van der Waals surface area (Å²) in [5.74, 6) is -1.21. The normalized spacial score (nSPS) is 29.9. The van der Waals surface area contributed by atoms with Crippen molar-refractivity contribution < 1.29 is 28.6 Å². The predicted octanol–water partition coefficient (Wildman–Crippen LogP) is 1.77. The van der Waals surface area contributed by atoms with Crippen molar-refractivity contribution in [3.8, 4) is 0 Å². The Hall–Kier alpha value is -2.15. The molecule has 0 bridgehead atoms. The third-order valence-electron chi connectivity index (χ3n) is 4.01. The van der Waals surface area contributed by atoms with Crippen molar-refractivity contribution in [2.45, 2.75) is 45.8 Å². The van der Waals surface area contributed by atoms with Gasteiger partial charge >= 0.3 is 11.9 Å². The molecule has 0 aromatic carbocycles. The van der Waals surface area contributed by atoms with Crippen molar-refractivity contribution in [2.24, 2.45) is 11.8 Å². The first-order valence-corrected chi connectivity index (χ1v) is 8.81. The van der Waals surface area contributed by atoms with Crippen LogP contribution >= 0.6 is 0 Å². The van der Waals surface area contributed by atoms with Crippen LogP contribution in [0.1, 0.15) is 33.6 Å². The highest BCUT2D eigenvalue weighted by Gasteiger charge is 2.19. The number of rotatable bonds is 1. The number of ether oxygens (including phenoxy) is 3. The summed E-state index contributed by atoms with van der Waals surface area (Å²) >= 11 is 0. The summed E-state index contributed by atoms with van der Waals surface area (Å²) < 4.78 is 15.8. The molecule has 1 N–H and O–H groups in total. The van der Waals surface area contributed by atoms with E-state index < -0.39 is 12.0 Å². The Labute approximate surface area is 154 Å². The van der Waals surface area contributed by atoms with Gasteiger partial charge in [-0.3, -0.25) is 9.59 Å². The molecule has 0 saturated heterocycles. The van der Waals surface area contributed by atoms with Crippen LogP contribution in [0, 0.1) is 11.8 Å². The van der Waals surface area contributed by atoms with Crippen LogP contribution in [0.25, 0.3) is 0 Å². The molecule has 1 amide bonds. The van der Waals surface area contributed by atoms with Gasteiger partial charge in [-0.2, -0.15) is 0 Å². The number of hydrogen-bond donors (Lipinski definition) is 1. The van der Waals surface area contributed by atoms with E-state index in [1.165, 1.54) is 0 Å². The van der Waals surface area contributed by atoms with E-state index in [0.717, 1.165) is 0 Å². The summed E-state index contributed by atoms with van der Waals surface area (Å²) in [6.45, 7) is 5.68. The summed E-state index contributed by atoms with van der Waals surface area (Å²) in [4.78, 5) is 35.6. The number of methoxy groups -OCH3 is 1. The number of nitrogens with one attached hydrogen (secondary N) is 1. The number of carbonyl (C=O) groups excluding carboxylic acids is 3. The van der Waals surface area contributed by atoms with Crippen LogP contribution in [0.15, 0.2) is 24.3 Å². The van der Waals surface area contributed by atoms with Gasteiger partial charge in [-0.1, -0.05) is 38.2 Å². The van der Waals surface area contributed by atoms with Crippen LogP contribution in [-0.2, 0) is 28.6 Å². The second-order valence-corrected chi connectivity index (χ2v) is 6.48. The van der Waals surface area contributed by atoms with E-state index in [2.05, 4.69) is 5.32 Å². The topological polar surface area (TPSA) is 90.9 Å². The lowest BCUT2D eigenvalue weighted by atomic mass is 10.0. The average Bonchev–Trinajstić information content (AvgIpc) is 2.59. The van der Waals surface area contributed by atoms with Gasteiger partial charge in [0.1, 0.15) is 12.6 Å². The molecule has 0 fully saturated rings. The zero-order valence-electron chi connectivity index (χ0n) is 15.9. The Morgan fingerprint density at radius 2 is 1.69 bits per heavy atom. The smallest absolute Gasteiger partial charge is 0.328 e. The minimum Gasteiger partial charge on any atom is -0.464 e. The molecule has 0 aromatic heterocycles. The van der Waals surface area contributed by atoms with Crippen molar-refractivity contribution in [1.82, 2.24) is 5.32 Å². The highest BCUT2D eigenvalue weighted by molar-refractivity contribution is 5.84. The van der Waals surface area contributed by atoms with E-state index in [0.29, 0.717) is 0 Å². The molecule has 1 aliphatic rings. The van der Waals surface area contributed by atoms with Crippen molar-refractivity contribution in [1.29, 1.82) is 0 Å². The van der Waals surface area contributed by atoms with E-state index in [1.807, 2.05) is 19.9 Å². The van der Waals surface area contributed by atoms with Crippen LogP contribution in [0.5, 0.6) is 0 Å². The summed E-state index contributed by atoms with van der Waals surface area (Å²) in [6.07, 6.45) is 7.01. The van der Waals surface area contributed by atoms with Gasteiger partial charge in [0.25, 0.3) is 0 Å². The zero-order chi connectivity index (χ0) is 19.5. The molecule has 0 aliphatic carbocycles. The van der Waals surface area contributed by atoms with E-state index in [9.17, 15) is 14.4 Å². The molecule has 0 spiro atoms. The highest BCUT2D eigenvalue weighted by atomic mass is 16.6. The molecule has 0 unspecified atom stereocenters. The Morgan fingerprint density at radius 3 is 2.38 bits per heavy atom. The number of carbonyl (C=O) groups is 3. The molecule has 1 heterocycles. The molecule has 0 radical (unpaired) electrons. The molecule has 0 saturated carbocycles. The maximum atomic E-state index is 11.9. The van der Waals surface area contributed by atoms with E-state index in [-0.39, 0.29) is 55.9 Å². The molecular weight excluding hydrogens is 338 g/mol. The second-order valence-electron chi connectivity index (χ2n) is 6.48. The SMILES string of the molecule is CO[C@@H]1COC(=O)CC=C[C@H](C)COC(=O)[C@H](C)NC(=O)CC=C[C@H]1C. The summed E-state index contributed by atoms with van der Waals surface area (Å²) in [7, 11) is 1.55. The number of cyclic esters (lactones) is 2. The average molecular weight is 367 g/mol. The minimum absolute atomic E-state index is 0.0440. The fourth-order valence-corrected chi connectivity index (χ4v) is 2.33. The van der Waals surface area contributed by atoms with Crippen molar-refractivity contribution in [2.75, 3.05) is 20.3 Å².